The van der Waals surface area contributed by atoms with Crippen molar-refractivity contribution >= 4 is 44.2 Å². The molecule has 4 rings (SSSR count). The number of nitrogens with zero attached hydrogens (tertiary/aromatic N) is 7. The molecule has 1 aliphatic heterocycles. The predicted molar refractivity (Wildman–Crippen MR) is 200 cm³/mol. The van der Waals surface area contributed by atoms with E-state index in [1.165, 1.54) is 33.3 Å². The molecule has 0 amide bonds. The van der Waals surface area contributed by atoms with Crippen LogP contribution in [0.1, 0.15) is 83.5 Å². The third-order valence-corrected chi connectivity index (χ3v) is 11.3. The van der Waals surface area contributed by atoms with E-state index in [0.29, 0.717) is 53.0 Å². The van der Waals surface area contributed by atoms with E-state index in [1.807, 2.05) is 30.8 Å². The molecular weight excluding hydrogens is 658 g/mol. The molecular formula is C37H46FN7O2S2. The van der Waals surface area contributed by atoms with Crippen molar-refractivity contribution in [2.75, 3.05) is 23.7 Å². The molecule has 0 bridgehead atoms. The van der Waals surface area contributed by atoms with Gasteiger partial charge in [0.2, 0.25) is 10.0 Å². The van der Waals surface area contributed by atoms with Crippen molar-refractivity contribution < 1.29 is 12.8 Å². The lowest BCUT2D eigenvalue weighted by Crippen LogP contribution is -2.30. The maximum Gasteiger partial charge on any atom is 0.236 e. The number of rotatable bonds is 13. The van der Waals surface area contributed by atoms with E-state index in [2.05, 4.69) is 55.8 Å². The molecule has 2 aromatic heterocycles. The molecule has 0 unspecified atom stereocenters. The molecule has 12 heteroatoms. The van der Waals surface area contributed by atoms with Crippen LogP contribution in [0.5, 0.6) is 0 Å². The van der Waals surface area contributed by atoms with Crippen LogP contribution < -0.4 is 4.90 Å². The number of hydrogen-bond acceptors (Lipinski definition) is 8. The monoisotopic (exact) mass is 703 g/mol. The van der Waals surface area contributed by atoms with Crippen molar-refractivity contribution in [2.24, 2.45) is 4.99 Å². The number of anilines is 2. The molecule has 3 heterocycles. The SMILES string of the molecule is CCC/C=C(/C=C\n1nc(CC)c(N(CC)c2nc(-c3ccc(F)cc3)c(C#N)s2)c1C)C(\C=C(\C)CC)=C/N=C(C)N1CCCS1(=O)=O. The minimum atomic E-state index is -3.32. The van der Waals surface area contributed by atoms with Crippen LogP contribution in [0.3, 0.4) is 0 Å². The summed E-state index contributed by atoms with van der Waals surface area (Å²) in [6, 6.07) is 8.29. The van der Waals surface area contributed by atoms with Gasteiger partial charge in [0.25, 0.3) is 0 Å². The molecule has 0 atom stereocenters. The second kappa shape index (κ2) is 16.9. The number of hydrogen-bond donors (Lipinski definition) is 0. The largest absolute Gasteiger partial charge is 0.315 e. The van der Waals surface area contributed by atoms with Crippen LogP contribution in [0.15, 0.2) is 70.4 Å². The molecule has 260 valence electrons. The first kappa shape index (κ1) is 37.5. The maximum atomic E-state index is 13.6. The van der Waals surface area contributed by atoms with Gasteiger partial charge < -0.3 is 4.90 Å². The van der Waals surface area contributed by atoms with Gasteiger partial charge in [-0.2, -0.15) is 10.4 Å². The van der Waals surface area contributed by atoms with E-state index in [4.69, 9.17) is 10.1 Å². The Bertz CT molecular complexity index is 1940. The van der Waals surface area contributed by atoms with E-state index < -0.39 is 10.0 Å². The summed E-state index contributed by atoms with van der Waals surface area (Å²) in [5.74, 6) is 0.261. The zero-order chi connectivity index (χ0) is 35.7. The van der Waals surface area contributed by atoms with Crippen LogP contribution in [0.4, 0.5) is 15.2 Å². The number of sulfonamides is 1. The van der Waals surface area contributed by atoms with Crippen LogP contribution in [-0.4, -0.2) is 52.2 Å². The summed E-state index contributed by atoms with van der Waals surface area (Å²) in [5.41, 5.74) is 6.98. The Morgan fingerprint density at radius 3 is 2.49 bits per heavy atom. The van der Waals surface area contributed by atoms with Crippen molar-refractivity contribution in [1.29, 1.82) is 5.26 Å². The van der Waals surface area contributed by atoms with E-state index in [9.17, 15) is 18.1 Å². The summed E-state index contributed by atoms with van der Waals surface area (Å²) in [5, 5.41) is 15.6. The summed E-state index contributed by atoms with van der Waals surface area (Å²) in [6.45, 7) is 15.2. The molecule has 0 spiro atoms. The Kier molecular flexibility index (Phi) is 12.9. The molecule has 0 radical (unpaired) electrons. The van der Waals surface area contributed by atoms with Gasteiger partial charge in [-0.05, 0) is 94.9 Å². The van der Waals surface area contributed by atoms with Crippen molar-refractivity contribution in [3.63, 3.8) is 0 Å². The number of thiazole rings is 1. The quantitative estimate of drug-likeness (QED) is 0.1000. The highest BCUT2D eigenvalue weighted by Gasteiger charge is 2.29. The molecule has 3 aromatic rings. The van der Waals surface area contributed by atoms with Crippen molar-refractivity contribution in [3.05, 3.63) is 87.5 Å². The second-order valence-electron chi connectivity index (χ2n) is 11.8. The summed E-state index contributed by atoms with van der Waals surface area (Å²) in [7, 11) is -3.32. The normalized spacial score (nSPS) is 15.8. The fourth-order valence-corrected chi connectivity index (χ4v) is 8.05. The van der Waals surface area contributed by atoms with Gasteiger partial charge >= 0.3 is 0 Å². The van der Waals surface area contributed by atoms with E-state index in [-0.39, 0.29) is 11.6 Å². The average molecular weight is 704 g/mol. The summed E-state index contributed by atoms with van der Waals surface area (Å²) in [6.07, 6.45) is 14.0. The third-order valence-electron chi connectivity index (χ3n) is 8.37. The van der Waals surface area contributed by atoms with E-state index in [0.717, 1.165) is 47.5 Å². The van der Waals surface area contributed by atoms with Gasteiger partial charge in [-0.3, -0.25) is 4.31 Å². The van der Waals surface area contributed by atoms with E-state index in [1.54, 1.807) is 25.3 Å². The maximum absolute atomic E-state index is 13.6. The molecule has 1 aromatic carbocycles. The highest BCUT2D eigenvalue weighted by atomic mass is 32.2. The smallest absolute Gasteiger partial charge is 0.236 e. The van der Waals surface area contributed by atoms with Crippen molar-refractivity contribution in [2.45, 2.75) is 80.6 Å². The van der Waals surface area contributed by atoms with Crippen LogP contribution >= 0.6 is 11.3 Å². The number of aliphatic imine (C=N–C) groups is 1. The highest BCUT2D eigenvalue weighted by Crippen LogP contribution is 2.38. The minimum absolute atomic E-state index is 0.146. The molecule has 0 aliphatic carbocycles. The Labute approximate surface area is 294 Å². The number of nitriles is 1. The first-order chi connectivity index (χ1) is 23.5. The van der Waals surface area contributed by atoms with Crippen molar-refractivity contribution in [1.82, 2.24) is 19.1 Å². The van der Waals surface area contributed by atoms with E-state index >= 15 is 0 Å². The second-order valence-corrected chi connectivity index (χ2v) is 14.8. The zero-order valence-corrected chi connectivity index (χ0v) is 31.1. The van der Waals surface area contributed by atoms with Gasteiger partial charge in [-0.25, -0.2) is 27.5 Å². The summed E-state index contributed by atoms with van der Waals surface area (Å²) < 4.78 is 41.9. The Hall–Kier alpha value is -4.34. The third kappa shape index (κ3) is 8.83. The zero-order valence-electron chi connectivity index (χ0n) is 29.5. The Morgan fingerprint density at radius 1 is 1.16 bits per heavy atom. The molecule has 1 fully saturated rings. The lowest BCUT2D eigenvalue weighted by atomic mass is 10.0. The Balaban J connectivity index is 1.75. The number of benzene rings is 1. The van der Waals surface area contributed by atoms with Crippen LogP contribution in [0.2, 0.25) is 0 Å². The van der Waals surface area contributed by atoms with Gasteiger partial charge in [0, 0.05) is 31.1 Å². The fraction of sp³-hybridized carbons (Fsp3) is 0.405. The first-order valence-electron chi connectivity index (χ1n) is 16.8. The number of aryl methyl sites for hydroxylation is 1. The summed E-state index contributed by atoms with van der Waals surface area (Å²) >= 11 is 1.31. The van der Waals surface area contributed by atoms with Crippen LogP contribution in [-0.2, 0) is 16.4 Å². The number of halogens is 1. The Morgan fingerprint density at radius 2 is 1.90 bits per heavy atom. The van der Waals surface area contributed by atoms with Gasteiger partial charge in [-0.1, -0.05) is 56.3 Å². The summed E-state index contributed by atoms with van der Waals surface area (Å²) in [4.78, 5) is 12.0. The number of aromatic nitrogens is 3. The molecule has 1 saturated heterocycles. The van der Waals surface area contributed by atoms with Crippen LogP contribution in [0.25, 0.3) is 17.5 Å². The van der Waals surface area contributed by atoms with Crippen LogP contribution in [0, 0.1) is 24.1 Å². The van der Waals surface area contributed by atoms with Crippen molar-refractivity contribution in [3.8, 4) is 17.3 Å². The molecule has 0 N–H and O–H groups in total. The number of unbranched alkanes of at least 4 members (excludes halogenated alkanes) is 1. The highest BCUT2D eigenvalue weighted by molar-refractivity contribution is 7.89. The standard InChI is InChI=1S/C37H46FN7O2S2/c1-8-12-14-29(31(23-26(5)9-2)25-40-28(7)45-20-13-22-49(45,46)47)19-21-44-27(6)36(33(10-3)42-44)43(11-4)37-41-35(34(24-39)48-37)30-15-17-32(38)18-16-30/h14-19,21,23,25H,8-13,20,22H2,1-7H3/b21-19-,26-23-,29-14-,31-25-,40-28?. The van der Waals surface area contributed by atoms with Gasteiger partial charge in [0.15, 0.2) is 5.13 Å². The topological polar surface area (TPSA) is 107 Å². The number of allylic oxidation sites excluding steroid dienone is 6. The fourth-order valence-electron chi connectivity index (χ4n) is 5.52. The minimum Gasteiger partial charge on any atom is -0.315 e. The first-order valence-corrected chi connectivity index (χ1v) is 19.2. The lowest BCUT2D eigenvalue weighted by molar-refractivity contribution is 0.551. The molecule has 9 nitrogen and oxygen atoms in total. The van der Waals surface area contributed by atoms with Gasteiger partial charge in [0.1, 0.15) is 28.3 Å². The van der Waals surface area contributed by atoms with Gasteiger partial charge in [-0.15, -0.1) is 0 Å². The molecule has 1 aliphatic rings. The van der Waals surface area contributed by atoms with Gasteiger partial charge in [0.05, 0.1) is 22.8 Å². The predicted octanol–water partition coefficient (Wildman–Crippen LogP) is 8.94. The molecule has 0 saturated carbocycles. The lowest BCUT2D eigenvalue weighted by Gasteiger charge is -2.20. The molecule has 49 heavy (non-hydrogen) atoms. The number of amidine groups is 1. The average Bonchev–Trinajstić information content (AvgIpc) is 3.78.